The molecule has 3 heteroatoms. The number of hydrogen-bond acceptors (Lipinski definition) is 3. The summed E-state index contributed by atoms with van der Waals surface area (Å²) in [5, 5.41) is 18.7. The van der Waals surface area contributed by atoms with Crippen molar-refractivity contribution >= 4 is 0 Å². The molecule has 0 saturated carbocycles. The van der Waals surface area contributed by atoms with Crippen molar-refractivity contribution in [2.45, 2.75) is 77.9 Å². The van der Waals surface area contributed by atoms with Crippen molar-refractivity contribution in [1.29, 1.82) is 5.26 Å². The molecule has 2 unspecified atom stereocenters. The van der Waals surface area contributed by atoms with E-state index in [-0.39, 0.29) is 11.5 Å². The molecule has 1 aliphatic heterocycles. The van der Waals surface area contributed by atoms with Gasteiger partial charge in [0.25, 0.3) is 0 Å². The van der Waals surface area contributed by atoms with Crippen molar-refractivity contribution in [3.05, 3.63) is 0 Å². The van der Waals surface area contributed by atoms with E-state index < -0.39 is 0 Å². The van der Waals surface area contributed by atoms with E-state index in [0.29, 0.717) is 6.04 Å². The normalized spacial score (nSPS) is 23.6. The lowest BCUT2D eigenvalue weighted by Crippen LogP contribution is -2.38. The summed E-state index contributed by atoms with van der Waals surface area (Å²) in [4.78, 5) is 2.55. The van der Waals surface area contributed by atoms with Crippen molar-refractivity contribution < 1.29 is 5.11 Å². The first-order valence-corrected chi connectivity index (χ1v) is 7.78. The second-order valence-electron chi connectivity index (χ2n) is 6.72. The van der Waals surface area contributed by atoms with Crippen LogP contribution in [0.25, 0.3) is 0 Å². The van der Waals surface area contributed by atoms with E-state index in [1.54, 1.807) is 0 Å². The van der Waals surface area contributed by atoms with Crippen LogP contribution in [0.4, 0.5) is 0 Å². The second kappa shape index (κ2) is 7.87. The van der Waals surface area contributed by atoms with Crippen LogP contribution in [-0.4, -0.2) is 35.2 Å². The average Bonchev–Trinajstić information content (AvgIpc) is 2.54. The maximum absolute atomic E-state index is 9.64. The van der Waals surface area contributed by atoms with E-state index in [0.717, 1.165) is 32.4 Å². The molecule has 1 saturated heterocycles. The van der Waals surface area contributed by atoms with E-state index >= 15 is 0 Å². The van der Waals surface area contributed by atoms with Gasteiger partial charge >= 0.3 is 0 Å². The number of likely N-dealkylation sites (tertiary alicyclic amines) is 1. The molecule has 0 spiro atoms. The van der Waals surface area contributed by atoms with Gasteiger partial charge in [0, 0.05) is 6.04 Å². The molecule has 2 atom stereocenters. The Bertz CT molecular complexity index is 294. The van der Waals surface area contributed by atoms with Crippen molar-refractivity contribution in [3.8, 4) is 6.07 Å². The van der Waals surface area contributed by atoms with Crippen molar-refractivity contribution in [3.63, 3.8) is 0 Å². The largest absolute Gasteiger partial charge is 0.393 e. The molecule has 1 fully saturated rings. The lowest BCUT2D eigenvalue weighted by atomic mass is 9.89. The Balaban J connectivity index is 2.44. The summed E-state index contributed by atoms with van der Waals surface area (Å²) in [5.74, 6) is 0. The molecule has 0 aromatic carbocycles. The highest BCUT2D eigenvalue weighted by Gasteiger charge is 2.23. The van der Waals surface area contributed by atoms with Crippen LogP contribution < -0.4 is 0 Å². The summed E-state index contributed by atoms with van der Waals surface area (Å²) in [5.41, 5.74) is -0.203. The Hall–Kier alpha value is -0.590. The number of rotatable bonds is 6. The van der Waals surface area contributed by atoms with E-state index in [4.69, 9.17) is 5.26 Å². The van der Waals surface area contributed by atoms with Gasteiger partial charge < -0.3 is 10.0 Å². The molecular weight excluding hydrogens is 236 g/mol. The highest BCUT2D eigenvalue weighted by Crippen LogP contribution is 2.24. The Morgan fingerprint density at radius 3 is 2.74 bits per heavy atom. The highest BCUT2D eigenvalue weighted by molar-refractivity contribution is 4.91. The third-order valence-corrected chi connectivity index (χ3v) is 4.16. The van der Waals surface area contributed by atoms with Gasteiger partial charge in [0.15, 0.2) is 0 Å². The topological polar surface area (TPSA) is 47.3 Å². The third-order valence-electron chi connectivity index (χ3n) is 4.16. The predicted molar refractivity (Wildman–Crippen MR) is 78.8 cm³/mol. The fraction of sp³-hybridized carbons (Fsp3) is 0.938. The van der Waals surface area contributed by atoms with Crippen LogP contribution in [0, 0.1) is 16.7 Å². The first kappa shape index (κ1) is 16.5. The average molecular weight is 266 g/mol. The molecule has 0 aromatic rings. The monoisotopic (exact) mass is 266 g/mol. The molecule has 1 rings (SSSR count). The summed E-state index contributed by atoms with van der Waals surface area (Å²) >= 11 is 0. The number of aliphatic hydroxyl groups is 1. The molecule has 0 amide bonds. The lowest BCUT2D eigenvalue weighted by Gasteiger charge is -2.31. The molecule has 0 aromatic heterocycles. The first-order valence-electron chi connectivity index (χ1n) is 7.78. The van der Waals surface area contributed by atoms with E-state index in [1.165, 1.54) is 25.7 Å². The molecule has 0 bridgehead atoms. The van der Waals surface area contributed by atoms with Gasteiger partial charge in [0.2, 0.25) is 0 Å². The molecule has 3 nitrogen and oxygen atoms in total. The Kier molecular flexibility index (Phi) is 6.82. The fourth-order valence-electron chi connectivity index (χ4n) is 2.97. The van der Waals surface area contributed by atoms with E-state index in [1.807, 2.05) is 20.8 Å². The maximum Gasteiger partial charge on any atom is 0.0683 e. The third kappa shape index (κ3) is 6.40. The smallest absolute Gasteiger partial charge is 0.0683 e. The summed E-state index contributed by atoms with van der Waals surface area (Å²) in [7, 11) is 0. The van der Waals surface area contributed by atoms with Gasteiger partial charge in [-0.1, -0.05) is 12.8 Å². The molecule has 0 radical (unpaired) electrons. The second-order valence-corrected chi connectivity index (χ2v) is 6.72. The zero-order chi connectivity index (χ0) is 14.3. The standard InChI is InChI=1S/C16H30N2O/c1-14(19)12-15-8-5-4-6-10-18(15)11-7-9-16(2,3)13-17/h14-15,19H,4-12H2,1-3H3. The van der Waals surface area contributed by atoms with Crippen molar-refractivity contribution in [2.24, 2.45) is 5.41 Å². The van der Waals surface area contributed by atoms with Gasteiger partial charge in [-0.25, -0.2) is 0 Å². The fourth-order valence-corrected chi connectivity index (χ4v) is 2.97. The first-order chi connectivity index (χ1) is 8.94. The molecular formula is C16H30N2O. The van der Waals surface area contributed by atoms with Crippen LogP contribution in [0.1, 0.15) is 65.7 Å². The SMILES string of the molecule is CC(O)CC1CCCCCN1CCCC(C)(C)C#N. The minimum atomic E-state index is -0.207. The minimum Gasteiger partial charge on any atom is -0.393 e. The Labute approximate surface area is 118 Å². The Morgan fingerprint density at radius 2 is 2.11 bits per heavy atom. The molecule has 0 aliphatic carbocycles. The van der Waals surface area contributed by atoms with Crippen molar-refractivity contribution in [1.82, 2.24) is 4.90 Å². The molecule has 1 N–H and O–H groups in total. The number of nitriles is 1. The molecule has 1 aliphatic rings. The van der Waals surface area contributed by atoms with Gasteiger partial charge in [-0.3, -0.25) is 0 Å². The number of hydrogen-bond donors (Lipinski definition) is 1. The van der Waals surface area contributed by atoms with Crippen LogP contribution >= 0.6 is 0 Å². The van der Waals surface area contributed by atoms with Gasteiger partial charge in [0.05, 0.1) is 17.6 Å². The molecule has 110 valence electrons. The summed E-state index contributed by atoms with van der Waals surface area (Å²) < 4.78 is 0. The zero-order valence-corrected chi connectivity index (χ0v) is 12.9. The van der Waals surface area contributed by atoms with Gasteiger partial charge in [-0.2, -0.15) is 5.26 Å². The van der Waals surface area contributed by atoms with Gasteiger partial charge in [-0.05, 0) is 66.0 Å². The number of aliphatic hydroxyl groups excluding tert-OH is 1. The van der Waals surface area contributed by atoms with Crippen molar-refractivity contribution in [2.75, 3.05) is 13.1 Å². The minimum absolute atomic E-state index is 0.203. The van der Waals surface area contributed by atoms with Crippen LogP contribution in [-0.2, 0) is 0 Å². The van der Waals surface area contributed by atoms with Gasteiger partial charge in [-0.15, -0.1) is 0 Å². The summed E-state index contributed by atoms with van der Waals surface area (Å²) in [6.07, 6.45) is 7.82. The van der Waals surface area contributed by atoms with E-state index in [2.05, 4.69) is 11.0 Å². The van der Waals surface area contributed by atoms with Crippen LogP contribution in [0.2, 0.25) is 0 Å². The predicted octanol–water partition coefficient (Wildman–Crippen LogP) is 3.33. The quantitative estimate of drug-likeness (QED) is 0.802. The summed E-state index contributed by atoms with van der Waals surface area (Å²) in [6.45, 7) is 8.15. The van der Waals surface area contributed by atoms with Gasteiger partial charge in [0.1, 0.15) is 0 Å². The van der Waals surface area contributed by atoms with Crippen LogP contribution in [0.3, 0.4) is 0 Å². The maximum atomic E-state index is 9.64. The van der Waals surface area contributed by atoms with E-state index in [9.17, 15) is 5.11 Å². The summed E-state index contributed by atoms with van der Waals surface area (Å²) in [6, 6.07) is 2.91. The molecule has 19 heavy (non-hydrogen) atoms. The molecule has 1 heterocycles. The highest BCUT2D eigenvalue weighted by atomic mass is 16.3. The van der Waals surface area contributed by atoms with Crippen LogP contribution in [0.5, 0.6) is 0 Å². The zero-order valence-electron chi connectivity index (χ0n) is 12.9. The number of nitrogens with zero attached hydrogens (tertiary/aromatic N) is 2. The Morgan fingerprint density at radius 1 is 1.37 bits per heavy atom. The lowest BCUT2D eigenvalue weighted by molar-refractivity contribution is 0.110. The van der Waals surface area contributed by atoms with Crippen LogP contribution in [0.15, 0.2) is 0 Å².